The molecule has 1 heterocycles. The van der Waals surface area contributed by atoms with E-state index in [0.29, 0.717) is 11.4 Å². The van der Waals surface area contributed by atoms with Crippen LogP contribution in [-0.4, -0.2) is 27.3 Å². The third kappa shape index (κ3) is 2.89. The van der Waals surface area contributed by atoms with E-state index >= 15 is 0 Å². The first-order valence-electron chi connectivity index (χ1n) is 8.03. The zero-order valence-corrected chi connectivity index (χ0v) is 14.9. The Hall–Kier alpha value is -2.34. The number of hydrogen-bond donors (Lipinski definition) is 1. The minimum Gasteiger partial charge on any atom is -0.372 e. The quantitative estimate of drug-likeness (QED) is 0.924. The normalized spacial score (nSPS) is 14.9. The molecule has 0 fully saturated rings. The Morgan fingerprint density at radius 2 is 1.79 bits per heavy atom. The van der Waals surface area contributed by atoms with Crippen LogP contribution in [0.25, 0.3) is 0 Å². The molecule has 6 heteroatoms. The van der Waals surface area contributed by atoms with Crippen LogP contribution in [0.3, 0.4) is 0 Å². The third-order valence-corrected chi connectivity index (χ3v) is 5.56. The van der Waals surface area contributed by atoms with Gasteiger partial charge in [0.25, 0.3) is 10.0 Å². The fraction of sp³-hybridized carbons (Fsp3) is 0.278. The number of benzene rings is 2. The van der Waals surface area contributed by atoms with Crippen molar-refractivity contribution < 1.29 is 8.42 Å². The fourth-order valence-corrected chi connectivity index (χ4v) is 4.07. The Morgan fingerprint density at radius 1 is 1.08 bits per heavy atom. The van der Waals surface area contributed by atoms with E-state index in [2.05, 4.69) is 34.5 Å². The van der Waals surface area contributed by atoms with Gasteiger partial charge in [-0.2, -0.15) is 8.42 Å². The number of nitrogens with one attached hydrogen (secondary N) is 1. The summed E-state index contributed by atoms with van der Waals surface area (Å²) in [7, 11) is -3.60. The molecule has 0 aromatic heterocycles. The Labute approximate surface area is 143 Å². The topological polar surface area (TPSA) is 61.8 Å². The number of fused-ring (bicyclic) bond motifs is 1. The first kappa shape index (κ1) is 16.5. The van der Waals surface area contributed by atoms with Gasteiger partial charge in [0, 0.05) is 30.0 Å². The molecule has 1 aliphatic rings. The van der Waals surface area contributed by atoms with Crippen molar-refractivity contribution in [3.8, 4) is 0 Å². The maximum atomic E-state index is 12.1. The Kier molecular flexibility index (Phi) is 4.32. The first-order valence-corrected chi connectivity index (χ1v) is 9.47. The smallest absolute Gasteiger partial charge is 0.285 e. The van der Waals surface area contributed by atoms with E-state index in [1.54, 1.807) is 18.2 Å². The first-order chi connectivity index (χ1) is 11.5. The lowest BCUT2D eigenvalue weighted by molar-refractivity contribution is 0.599. The zero-order chi connectivity index (χ0) is 17.3. The molecule has 1 aliphatic heterocycles. The predicted octanol–water partition coefficient (Wildman–Crippen LogP) is 3.40. The van der Waals surface area contributed by atoms with Gasteiger partial charge < -0.3 is 10.2 Å². The molecule has 0 aliphatic carbocycles. The van der Waals surface area contributed by atoms with Crippen LogP contribution in [0, 0.1) is 6.92 Å². The van der Waals surface area contributed by atoms with Crippen LogP contribution in [0.1, 0.15) is 25.0 Å². The molecule has 0 saturated carbocycles. The second kappa shape index (κ2) is 6.28. The Balaban J connectivity index is 1.93. The SMILES string of the molecule is CCN(CC)c1ccc(NC2=NS(=O)(=O)c3ccccc32)c(C)c1. The molecular weight excluding hydrogens is 322 g/mol. The van der Waals surface area contributed by atoms with Gasteiger partial charge in [-0.3, -0.25) is 0 Å². The molecule has 0 unspecified atom stereocenters. The summed E-state index contributed by atoms with van der Waals surface area (Å²) in [6.45, 7) is 8.15. The molecule has 0 bridgehead atoms. The highest BCUT2D eigenvalue weighted by molar-refractivity contribution is 7.90. The third-order valence-electron chi connectivity index (χ3n) is 4.22. The predicted molar refractivity (Wildman–Crippen MR) is 98.5 cm³/mol. The van der Waals surface area contributed by atoms with Gasteiger partial charge in [-0.15, -0.1) is 4.40 Å². The largest absolute Gasteiger partial charge is 0.372 e. The number of nitrogens with zero attached hydrogens (tertiary/aromatic N) is 2. The van der Waals surface area contributed by atoms with Crippen molar-refractivity contribution in [1.82, 2.24) is 0 Å². The van der Waals surface area contributed by atoms with Crippen LogP contribution in [0.5, 0.6) is 0 Å². The number of hydrogen-bond acceptors (Lipinski definition) is 4. The minimum absolute atomic E-state index is 0.255. The highest BCUT2D eigenvalue weighted by Gasteiger charge is 2.28. The van der Waals surface area contributed by atoms with Crippen LogP contribution in [-0.2, 0) is 10.0 Å². The molecule has 0 saturated heterocycles. The minimum atomic E-state index is -3.60. The molecule has 3 rings (SSSR count). The summed E-state index contributed by atoms with van der Waals surface area (Å²) in [5.74, 6) is 0.379. The van der Waals surface area contributed by atoms with Gasteiger partial charge in [0.1, 0.15) is 4.90 Å². The van der Waals surface area contributed by atoms with Crippen molar-refractivity contribution in [2.75, 3.05) is 23.3 Å². The lowest BCUT2D eigenvalue weighted by Crippen LogP contribution is -2.22. The van der Waals surface area contributed by atoms with Gasteiger partial charge in [-0.25, -0.2) is 0 Å². The highest BCUT2D eigenvalue weighted by Crippen LogP contribution is 2.28. The van der Waals surface area contributed by atoms with Crippen LogP contribution in [0.2, 0.25) is 0 Å². The molecule has 24 heavy (non-hydrogen) atoms. The average Bonchev–Trinajstić information content (AvgIpc) is 2.82. The fourth-order valence-electron chi connectivity index (χ4n) is 2.90. The molecule has 126 valence electrons. The summed E-state index contributed by atoms with van der Waals surface area (Å²) in [6.07, 6.45) is 0. The summed E-state index contributed by atoms with van der Waals surface area (Å²) in [5.41, 5.74) is 3.68. The van der Waals surface area contributed by atoms with E-state index in [0.717, 1.165) is 30.0 Å². The van der Waals surface area contributed by atoms with Crippen LogP contribution >= 0.6 is 0 Å². The lowest BCUT2D eigenvalue weighted by atomic mass is 10.1. The van der Waals surface area contributed by atoms with Gasteiger partial charge in [0.15, 0.2) is 5.84 Å². The van der Waals surface area contributed by atoms with Gasteiger partial charge in [-0.1, -0.05) is 12.1 Å². The molecule has 1 N–H and O–H groups in total. The summed E-state index contributed by atoms with van der Waals surface area (Å²) in [4.78, 5) is 2.52. The average molecular weight is 343 g/mol. The Bertz CT molecular complexity index is 900. The van der Waals surface area contributed by atoms with Crippen LogP contribution in [0.15, 0.2) is 51.8 Å². The van der Waals surface area contributed by atoms with Crippen molar-refractivity contribution in [1.29, 1.82) is 0 Å². The summed E-state index contributed by atoms with van der Waals surface area (Å²) >= 11 is 0. The number of aryl methyl sites for hydroxylation is 1. The zero-order valence-electron chi connectivity index (χ0n) is 14.1. The summed E-state index contributed by atoms with van der Waals surface area (Å²) in [5, 5.41) is 3.18. The van der Waals surface area contributed by atoms with E-state index in [-0.39, 0.29) is 4.90 Å². The number of amidine groups is 1. The van der Waals surface area contributed by atoms with Crippen molar-refractivity contribution in [2.45, 2.75) is 25.7 Å². The molecule has 0 radical (unpaired) electrons. The molecule has 0 spiro atoms. The summed E-state index contributed by atoms with van der Waals surface area (Å²) in [6, 6.07) is 13.0. The van der Waals surface area contributed by atoms with E-state index in [4.69, 9.17) is 0 Å². The van der Waals surface area contributed by atoms with Crippen molar-refractivity contribution >= 4 is 27.2 Å². The van der Waals surface area contributed by atoms with Crippen molar-refractivity contribution in [2.24, 2.45) is 4.40 Å². The van der Waals surface area contributed by atoms with Gasteiger partial charge in [-0.05, 0) is 56.7 Å². The molecule has 0 atom stereocenters. The monoisotopic (exact) mass is 343 g/mol. The van der Waals surface area contributed by atoms with Gasteiger partial charge in [0.05, 0.1) is 0 Å². The number of rotatable bonds is 4. The molecule has 2 aromatic carbocycles. The maximum absolute atomic E-state index is 12.1. The van der Waals surface area contributed by atoms with Crippen LogP contribution in [0.4, 0.5) is 11.4 Å². The standard InChI is InChI=1S/C18H21N3O2S/c1-4-21(5-2)14-10-11-16(13(3)12-14)19-18-15-8-6-7-9-17(15)24(22,23)20-18/h6-12H,4-5H2,1-3H3,(H,19,20). The summed E-state index contributed by atoms with van der Waals surface area (Å²) < 4.78 is 28.1. The van der Waals surface area contributed by atoms with Gasteiger partial charge >= 0.3 is 0 Å². The van der Waals surface area contributed by atoms with E-state index in [9.17, 15) is 8.42 Å². The molecule has 0 amide bonds. The van der Waals surface area contributed by atoms with E-state index in [1.165, 1.54) is 0 Å². The molecule has 5 nitrogen and oxygen atoms in total. The van der Waals surface area contributed by atoms with Crippen LogP contribution < -0.4 is 10.2 Å². The number of anilines is 2. The molecule has 2 aromatic rings. The maximum Gasteiger partial charge on any atom is 0.285 e. The van der Waals surface area contributed by atoms with Crippen molar-refractivity contribution in [3.05, 3.63) is 53.6 Å². The number of sulfonamides is 1. The molecular formula is C18H21N3O2S. The second-order valence-electron chi connectivity index (χ2n) is 5.71. The van der Waals surface area contributed by atoms with E-state index in [1.807, 2.05) is 25.1 Å². The van der Waals surface area contributed by atoms with E-state index < -0.39 is 10.0 Å². The second-order valence-corrected chi connectivity index (χ2v) is 7.28. The Morgan fingerprint density at radius 3 is 2.46 bits per heavy atom. The van der Waals surface area contributed by atoms with Gasteiger partial charge in [0.2, 0.25) is 0 Å². The lowest BCUT2D eigenvalue weighted by Gasteiger charge is -2.22. The van der Waals surface area contributed by atoms with Crippen molar-refractivity contribution in [3.63, 3.8) is 0 Å². The highest BCUT2D eigenvalue weighted by atomic mass is 32.2.